The summed E-state index contributed by atoms with van der Waals surface area (Å²) in [5.41, 5.74) is 4.90. The normalized spacial score (nSPS) is 16.3. The minimum Gasteiger partial charge on any atom is -0.494 e. The zero-order valence-corrected chi connectivity index (χ0v) is 17.9. The summed E-state index contributed by atoms with van der Waals surface area (Å²) in [6.07, 6.45) is 1.63. The molecular weight excluding hydrogens is 414 g/mol. The molecule has 0 fully saturated rings. The van der Waals surface area contributed by atoms with E-state index in [1.807, 2.05) is 79.7 Å². The fourth-order valence-corrected chi connectivity index (χ4v) is 4.32. The number of aromatic hydroxyl groups is 1. The monoisotopic (exact) mass is 435 g/mol. The van der Waals surface area contributed by atoms with Crippen molar-refractivity contribution in [1.29, 1.82) is 0 Å². The van der Waals surface area contributed by atoms with Crippen molar-refractivity contribution in [1.82, 2.24) is 9.97 Å². The van der Waals surface area contributed by atoms with Crippen molar-refractivity contribution in [2.24, 2.45) is 4.99 Å². The maximum absolute atomic E-state index is 12.6. The van der Waals surface area contributed by atoms with Crippen LogP contribution in [0, 0.1) is 6.92 Å². The lowest BCUT2D eigenvalue weighted by Gasteiger charge is -2.30. The number of nitrogens with zero attached hydrogens (tertiary/aromatic N) is 1. The van der Waals surface area contributed by atoms with Crippen LogP contribution in [0.2, 0.25) is 0 Å². The quantitative estimate of drug-likeness (QED) is 0.444. The number of hydrogen-bond donors (Lipinski definition) is 3. The molecule has 1 unspecified atom stereocenters. The van der Waals surface area contributed by atoms with E-state index in [1.54, 1.807) is 6.08 Å². The van der Waals surface area contributed by atoms with Gasteiger partial charge in [-0.3, -0.25) is 14.8 Å². The van der Waals surface area contributed by atoms with E-state index in [9.17, 15) is 14.7 Å². The lowest BCUT2D eigenvalue weighted by Crippen LogP contribution is -2.25. The van der Waals surface area contributed by atoms with Crippen molar-refractivity contribution in [2.75, 3.05) is 0 Å². The number of hydrogen-bond acceptors (Lipinski definition) is 4. The lowest BCUT2D eigenvalue weighted by molar-refractivity contribution is 0.447. The molecule has 0 radical (unpaired) electrons. The maximum atomic E-state index is 12.6. The van der Waals surface area contributed by atoms with E-state index in [1.165, 1.54) is 0 Å². The summed E-state index contributed by atoms with van der Waals surface area (Å²) in [7, 11) is 0. The molecule has 1 aliphatic heterocycles. The zero-order chi connectivity index (χ0) is 22.9. The third-order valence-corrected chi connectivity index (χ3v) is 5.87. The first kappa shape index (κ1) is 20.5. The Labute approximate surface area is 189 Å². The zero-order valence-electron chi connectivity index (χ0n) is 17.9. The van der Waals surface area contributed by atoms with Crippen LogP contribution in [0.3, 0.4) is 0 Å². The molecule has 1 atom stereocenters. The van der Waals surface area contributed by atoms with E-state index >= 15 is 0 Å². The van der Waals surface area contributed by atoms with Gasteiger partial charge in [0, 0.05) is 11.5 Å². The summed E-state index contributed by atoms with van der Waals surface area (Å²) in [5.74, 6) is -0.716. The van der Waals surface area contributed by atoms with E-state index in [-0.39, 0.29) is 11.5 Å². The molecule has 0 aliphatic carbocycles. The number of benzene rings is 3. The van der Waals surface area contributed by atoms with Crippen molar-refractivity contribution in [2.45, 2.75) is 12.8 Å². The number of aliphatic imine (C=N–C) groups is 1. The Bertz CT molecular complexity index is 1530. The first-order chi connectivity index (χ1) is 16.0. The second kappa shape index (κ2) is 8.24. The predicted molar refractivity (Wildman–Crippen MR) is 129 cm³/mol. The molecule has 1 aliphatic rings. The number of rotatable bonds is 3. The summed E-state index contributed by atoms with van der Waals surface area (Å²) in [4.78, 5) is 33.7. The van der Waals surface area contributed by atoms with Crippen LogP contribution in [0.1, 0.15) is 33.7 Å². The van der Waals surface area contributed by atoms with E-state index in [0.717, 1.165) is 33.5 Å². The smallest absolute Gasteiger partial charge is 0.328 e. The molecule has 3 N–H and O–H groups in total. The highest BCUT2D eigenvalue weighted by Crippen LogP contribution is 2.44. The topological polar surface area (TPSA) is 98.3 Å². The second-order valence-electron chi connectivity index (χ2n) is 7.95. The van der Waals surface area contributed by atoms with Crippen molar-refractivity contribution in [3.8, 4) is 5.88 Å². The fraction of sp³-hybridized carbons (Fsp3) is 0.0741. The highest BCUT2D eigenvalue weighted by Gasteiger charge is 2.31. The van der Waals surface area contributed by atoms with Gasteiger partial charge >= 0.3 is 5.69 Å². The average molecular weight is 435 g/mol. The molecule has 0 saturated carbocycles. The molecule has 33 heavy (non-hydrogen) atoms. The van der Waals surface area contributed by atoms with Crippen LogP contribution in [-0.4, -0.2) is 20.8 Å². The van der Waals surface area contributed by atoms with Crippen molar-refractivity contribution in [3.05, 3.63) is 133 Å². The van der Waals surface area contributed by atoms with Gasteiger partial charge in [0.2, 0.25) is 5.88 Å². The van der Waals surface area contributed by atoms with Crippen LogP contribution in [0.5, 0.6) is 5.88 Å². The highest BCUT2D eigenvalue weighted by atomic mass is 16.3. The number of aromatic amines is 2. The van der Waals surface area contributed by atoms with E-state index in [0.29, 0.717) is 5.71 Å². The van der Waals surface area contributed by atoms with Gasteiger partial charge < -0.3 is 5.11 Å². The minimum atomic E-state index is -0.763. The molecule has 3 aromatic carbocycles. The summed E-state index contributed by atoms with van der Waals surface area (Å²) in [5, 5.41) is 10.4. The SMILES string of the molecule is Cc1ccccc1C1/C(=C/c2c(O)[nH]c(=O)[nH]c2=O)C(c2ccccc2)=Nc2ccccc21. The van der Waals surface area contributed by atoms with Crippen LogP contribution in [0.4, 0.5) is 5.69 Å². The minimum absolute atomic E-state index is 0.0220. The Morgan fingerprint density at radius 2 is 1.52 bits per heavy atom. The lowest BCUT2D eigenvalue weighted by atomic mass is 9.76. The van der Waals surface area contributed by atoms with Crippen molar-refractivity contribution < 1.29 is 5.11 Å². The maximum Gasteiger partial charge on any atom is 0.328 e. The summed E-state index contributed by atoms with van der Waals surface area (Å²) in [6.45, 7) is 2.05. The molecule has 0 bridgehead atoms. The summed E-state index contributed by atoms with van der Waals surface area (Å²) in [6, 6.07) is 25.7. The van der Waals surface area contributed by atoms with Gasteiger partial charge in [0.25, 0.3) is 5.56 Å². The molecule has 5 rings (SSSR count). The van der Waals surface area contributed by atoms with E-state index < -0.39 is 17.1 Å². The second-order valence-corrected chi connectivity index (χ2v) is 7.95. The third kappa shape index (κ3) is 3.72. The standard InChI is InChI=1S/C27H21N3O3/c1-16-9-5-6-12-18(16)23-19-13-7-8-14-22(19)28-24(17-10-3-2-4-11-17)20(23)15-21-25(31)29-27(33)30-26(21)32/h2-15,23H,1H3,(H3,29,30,31,32,33)/b20-15-. The van der Waals surface area contributed by atoms with Gasteiger partial charge in [-0.2, -0.15) is 0 Å². The molecule has 6 heteroatoms. The largest absolute Gasteiger partial charge is 0.494 e. The molecule has 6 nitrogen and oxygen atoms in total. The van der Waals surface area contributed by atoms with Gasteiger partial charge in [-0.1, -0.05) is 72.8 Å². The van der Waals surface area contributed by atoms with Crippen LogP contribution < -0.4 is 11.2 Å². The average Bonchev–Trinajstić information content (AvgIpc) is 2.82. The molecule has 4 aromatic rings. The summed E-state index contributed by atoms with van der Waals surface area (Å²) < 4.78 is 0. The Morgan fingerprint density at radius 1 is 0.848 bits per heavy atom. The Morgan fingerprint density at radius 3 is 2.24 bits per heavy atom. The van der Waals surface area contributed by atoms with E-state index in [2.05, 4.69) is 16.0 Å². The molecule has 162 valence electrons. The number of H-pyrrole nitrogens is 2. The number of para-hydroxylation sites is 1. The summed E-state index contributed by atoms with van der Waals surface area (Å²) >= 11 is 0. The molecule has 0 saturated heterocycles. The van der Waals surface area contributed by atoms with Gasteiger partial charge in [0.1, 0.15) is 5.56 Å². The third-order valence-electron chi connectivity index (χ3n) is 5.87. The molecule has 1 aromatic heterocycles. The first-order valence-electron chi connectivity index (χ1n) is 10.6. The van der Waals surface area contributed by atoms with Crippen LogP contribution in [-0.2, 0) is 0 Å². The van der Waals surface area contributed by atoms with E-state index in [4.69, 9.17) is 4.99 Å². The van der Waals surface area contributed by atoms with Gasteiger partial charge in [0.15, 0.2) is 0 Å². The molecule has 0 amide bonds. The highest BCUT2D eigenvalue weighted by molar-refractivity contribution is 6.18. The Balaban J connectivity index is 1.87. The first-order valence-corrected chi connectivity index (χ1v) is 10.6. The van der Waals surface area contributed by atoms with Gasteiger partial charge in [-0.25, -0.2) is 9.79 Å². The number of fused-ring (bicyclic) bond motifs is 1. The molecule has 0 spiro atoms. The number of nitrogens with one attached hydrogen (secondary N) is 2. The van der Waals surface area contributed by atoms with Gasteiger partial charge in [0.05, 0.1) is 11.4 Å². The van der Waals surface area contributed by atoms with Gasteiger partial charge in [-0.05, 0) is 41.3 Å². The number of aryl methyl sites for hydroxylation is 1. The number of allylic oxidation sites excluding steroid dienone is 1. The van der Waals surface area contributed by atoms with Crippen LogP contribution in [0.25, 0.3) is 6.08 Å². The Kier molecular flexibility index (Phi) is 5.11. The van der Waals surface area contributed by atoms with Crippen molar-refractivity contribution >= 4 is 17.5 Å². The fourth-order valence-electron chi connectivity index (χ4n) is 4.32. The van der Waals surface area contributed by atoms with Crippen molar-refractivity contribution in [3.63, 3.8) is 0 Å². The Hall–Kier alpha value is -4.45. The number of aromatic nitrogens is 2. The van der Waals surface area contributed by atoms with Gasteiger partial charge in [-0.15, -0.1) is 0 Å². The van der Waals surface area contributed by atoms with Crippen LogP contribution >= 0.6 is 0 Å². The molecular formula is C27H21N3O3. The van der Waals surface area contributed by atoms with Crippen LogP contribution in [0.15, 0.2) is 99.0 Å². The molecule has 2 heterocycles. The predicted octanol–water partition coefficient (Wildman–Crippen LogP) is 4.43.